The molecule has 4 heteroatoms. The summed E-state index contributed by atoms with van der Waals surface area (Å²) in [5, 5.41) is 0.627. The molecule has 140 valence electrons. The highest BCUT2D eigenvalue weighted by atomic mass is 32.2. The summed E-state index contributed by atoms with van der Waals surface area (Å²) in [4.78, 5) is 25.4. The van der Waals surface area contributed by atoms with Gasteiger partial charge in [-0.1, -0.05) is 65.2 Å². The van der Waals surface area contributed by atoms with Crippen LogP contribution in [0.3, 0.4) is 0 Å². The number of imide groups is 1. The first-order valence-corrected chi connectivity index (χ1v) is 11.1. The Labute approximate surface area is 153 Å². The molecule has 24 heavy (non-hydrogen) atoms. The number of carbonyl (C=O) groups excluding carboxylic acids is 2. The summed E-state index contributed by atoms with van der Waals surface area (Å²) in [6.45, 7) is 5.14. The molecule has 2 amide bonds. The van der Waals surface area contributed by atoms with E-state index >= 15 is 0 Å². The summed E-state index contributed by atoms with van der Waals surface area (Å²) in [5.74, 6) is 0.956. The van der Waals surface area contributed by atoms with Crippen LogP contribution in [-0.2, 0) is 9.59 Å². The number of nitrogens with zero attached hydrogens (tertiary/aromatic N) is 1. The largest absolute Gasteiger partial charge is 0.282 e. The van der Waals surface area contributed by atoms with E-state index in [-0.39, 0.29) is 11.8 Å². The molecule has 1 unspecified atom stereocenters. The molecule has 0 spiro atoms. The zero-order valence-electron chi connectivity index (χ0n) is 15.9. The molecule has 0 bridgehead atoms. The molecular formula is C20H37NO2S. The normalized spacial score (nSPS) is 17.2. The number of unbranched alkanes of at least 4 members (excludes halogenated alkanes) is 7. The van der Waals surface area contributed by atoms with Crippen LogP contribution >= 0.6 is 11.8 Å². The fraction of sp³-hybridized carbons (Fsp3) is 0.900. The van der Waals surface area contributed by atoms with Crippen molar-refractivity contribution in [3.63, 3.8) is 0 Å². The average molecular weight is 356 g/mol. The van der Waals surface area contributed by atoms with Crippen molar-refractivity contribution in [2.75, 3.05) is 12.3 Å². The van der Waals surface area contributed by atoms with E-state index in [1.165, 1.54) is 62.7 Å². The van der Waals surface area contributed by atoms with Crippen LogP contribution in [0.2, 0.25) is 0 Å². The van der Waals surface area contributed by atoms with E-state index in [2.05, 4.69) is 13.8 Å². The predicted octanol–water partition coefficient (Wildman–Crippen LogP) is 5.57. The maximum absolute atomic E-state index is 11.9. The van der Waals surface area contributed by atoms with Crippen molar-refractivity contribution in [2.24, 2.45) is 0 Å². The number of hydrogen-bond donors (Lipinski definition) is 0. The van der Waals surface area contributed by atoms with Crippen LogP contribution in [0.15, 0.2) is 0 Å². The van der Waals surface area contributed by atoms with Gasteiger partial charge in [-0.05, 0) is 19.3 Å². The van der Waals surface area contributed by atoms with Gasteiger partial charge in [-0.2, -0.15) is 11.8 Å². The smallest absolute Gasteiger partial charge is 0.229 e. The maximum atomic E-state index is 11.9. The van der Waals surface area contributed by atoms with E-state index in [0.717, 1.165) is 18.6 Å². The molecule has 0 saturated carbocycles. The third-order valence-electron chi connectivity index (χ3n) is 4.81. The Hall–Kier alpha value is -0.510. The molecule has 1 rings (SSSR count). The fourth-order valence-electron chi connectivity index (χ4n) is 3.21. The van der Waals surface area contributed by atoms with Gasteiger partial charge < -0.3 is 0 Å². The first kappa shape index (κ1) is 21.5. The number of hydrogen-bond acceptors (Lipinski definition) is 3. The molecule has 0 aromatic carbocycles. The first-order valence-electron chi connectivity index (χ1n) is 10.1. The molecule has 0 N–H and O–H groups in total. The van der Waals surface area contributed by atoms with Crippen LogP contribution in [0.4, 0.5) is 0 Å². The molecule has 1 atom stereocenters. The predicted molar refractivity (Wildman–Crippen MR) is 104 cm³/mol. The Morgan fingerprint density at radius 3 is 2.04 bits per heavy atom. The lowest BCUT2D eigenvalue weighted by atomic mass is 10.1. The Morgan fingerprint density at radius 2 is 1.46 bits per heavy atom. The van der Waals surface area contributed by atoms with Crippen LogP contribution in [0.5, 0.6) is 0 Å². The molecule has 1 aliphatic rings. The summed E-state index contributed by atoms with van der Waals surface area (Å²) < 4.78 is 0. The number of carbonyl (C=O) groups is 2. The van der Waals surface area contributed by atoms with E-state index in [1.54, 1.807) is 0 Å². The van der Waals surface area contributed by atoms with Crippen LogP contribution in [0.25, 0.3) is 0 Å². The summed E-state index contributed by atoms with van der Waals surface area (Å²) in [5.41, 5.74) is 0. The zero-order valence-corrected chi connectivity index (χ0v) is 16.7. The highest BCUT2D eigenvalue weighted by molar-refractivity contribution is 7.99. The lowest BCUT2D eigenvalue weighted by Crippen LogP contribution is -2.37. The third kappa shape index (κ3) is 9.71. The van der Waals surface area contributed by atoms with Crippen molar-refractivity contribution < 1.29 is 9.59 Å². The quantitative estimate of drug-likeness (QED) is 0.320. The van der Waals surface area contributed by atoms with Gasteiger partial charge in [0.05, 0.1) is 0 Å². The molecule has 1 fully saturated rings. The van der Waals surface area contributed by atoms with Gasteiger partial charge in [0.25, 0.3) is 0 Å². The number of thioether (sulfide) groups is 1. The standard InChI is InChI=1S/C20H37NO2S/c1-3-4-5-6-7-8-9-10-13-18(2)24-17-16-21-19(22)14-11-12-15-20(21)23/h18H,3-17H2,1-2H3. The summed E-state index contributed by atoms with van der Waals surface area (Å²) in [6.07, 6.45) is 15.0. The molecule has 0 aliphatic carbocycles. The van der Waals surface area contributed by atoms with Gasteiger partial charge in [0, 0.05) is 30.4 Å². The number of rotatable bonds is 13. The molecule has 1 heterocycles. The highest BCUT2D eigenvalue weighted by Gasteiger charge is 2.23. The van der Waals surface area contributed by atoms with Gasteiger partial charge in [0.2, 0.25) is 11.8 Å². The Kier molecular flexibility index (Phi) is 12.3. The zero-order chi connectivity index (χ0) is 17.6. The van der Waals surface area contributed by atoms with Crippen molar-refractivity contribution in [3.8, 4) is 0 Å². The lowest BCUT2D eigenvalue weighted by molar-refractivity contribution is -0.143. The van der Waals surface area contributed by atoms with Gasteiger partial charge in [-0.3, -0.25) is 14.5 Å². The maximum Gasteiger partial charge on any atom is 0.229 e. The summed E-state index contributed by atoms with van der Waals surface area (Å²) in [6, 6.07) is 0. The molecule has 3 nitrogen and oxygen atoms in total. The van der Waals surface area contributed by atoms with Crippen LogP contribution in [-0.4, -0.2) is 34.3 Å². The topological polar surface area (TPSA) is 37.4 Å². The SMILES string of the molecule is CCCCCCCCCCC(C)SCCN1C(=O)CCCCC1=O. The molecule has 1 aliphatic heterocycles. The molecule has 1 saturated heterocycles. The first-order chi connectivity index (χ1) is 11.6. The fourth-order valence-corrected chi connectivity index (χ4v) is 4.23. The molecule has 0 aromatic rings. The van der Waals surface area contributed by atoms with Gasteiger partial charge in [-0.25, -0.2) is 0 Å². The second-order valence-electron chi connectivity index (χ2n) is 7.09. The van der Waals surface area contributed by atoms with Crippen molar-refractivity contribution in [2.45, 2.75) is 103 Å². The minimum absolute atomic E-state index is 0.0360. The van der Waals surface area contributed by atoms with E-state index < -0.39 is 0 Å². The average Bonchev–Trinajstić information content (AvgIpc) is 2.72. The third-order valence-corrected chi connectivity index (χ3v) is 6.04. The minimum Gasteiger partial charge on any atom is -0.282 e. The number of likely N-dealkylation sites (tertiary alicyclic amines) is 1. The monoisotopic (exact) mass is 355 g/mol. The van der Waals surface area contributed by atoms with E-state index in [1.807, 2.05) is 11.8 Å². The van der Waals surface area contributed by atoms with Gasteiger partial charge in [-0.15, -0.1) is 0 Å². The van der Waals surface area contributed by atoms with Crippen molar-refractivity contribution in [3.05, 3.63) is 0 Å². The van der Waals surface area contributed by atoms with Crippen molar-refractivity contribution in [1.29, 1.82) is 0 Å². The van der Waals surface area contributed by atoms with Crippen LogP contribution in [0.1, 0.15) is 97.3 Å². The van der Waals surface area contributed by atoms with Crippen LogP contribution < -0.4 is 0 Å². The van der Waals surface area contributed by atoms with Crippen LogP contribution in [0, 0.1) is 0 Å². The molecular weight excluding hydrogens is 318 g/mol. The summed E-state index contributed by atoms with van der Waals surface area (Å²) >= 11 is 1.91. The number of amides is 2. The second-order valence-corrected chi connectivity index (χ2v) is 8.64. The van der Waals surface area contributed by atoms with E-state index in [0.29, 0.717) is 24.6 Å². The van der Waals surface area contributed by atoms with Gasteiger partial charge >= 0.3 is 0 Å². The minimum atomic E-state index is 0.0360. The molecule has 0 radical (unpaired) electrons. The van der Waals surface area contributed by atoms with E-state index in [4.69, 9.17) is 0 Å². The Balaban J connectivity index is 2.02. The molecule has 0 aromatic heterocycles. The highest BCUT2D eigenvalue weighted by Crippen LogP contribution is 2.20. The van der Waals surface area contributed by atoms with E-state index in [9.17, 15) is 9.59 Å². The van der Waals surface area contributed by atoms with Crippen molar-refractivity contribution in [1.82, 2.24) is 4.90 Å². The van der Waals surface area contributed by atoms with Crippen molar-refractivity contribution >= 4 is 23.6 Å². The Bertz CT molecular complexity index is 342. The Morgan fingerprint density at radius 1 is 0.917 bits per heavy atom. The van der Waals surface area contributed by atoms with Gasteiger partial charge in [0.1, 0.15) is 0 Å². The second kappa shape index (κ2) is 13.7. The lowest BCUT2D eigenvalue weighted by Gasteiger charge is -2.19. The summed E-state index contributed by atoms with van der Waals surface area (Å²) in [7, 11) is 0. The van der Waals surface area contributed by atoms with Gasteiger partial charge in [0.15, 0.2) is 0 Å².